The second kappa shape index (κ2) is 10.1. The van der Waals surface area contributed by atoms with Gasteiger partial charge in [0.15, 0.2) is 0 Å². The summed E-state index contributed by atoms with van der Waals surface area (Å²) in [5.41, 5.74) is 0.941. The van der Waals surface area contributed by atoms with Crippen molar-refractivity contribution in [2.75, 3.05) is 25.0 Å². The molecule has 0 unspecified atom stereocenters. The Morgan fingerprint density at radius 1 is 1.30 bits per heavy atom. The molecular weight excluding hydrogens is 387 g/mol. The van der Waals surface area contributed by atoms with Crippen LogP contribution >= 0.6 is 0 Å². The van der Waals surface area contributed by atoms with E-state index in [1.54, 1.807) is 25.3 Å². The maximum Gasteiger partial charge on any atom is 0.373 e. The number of nitrogens with zero attached hydrogens (tertiary/aromatic N) is 4. The standard InChI is InChI=1S/C19H27BN6O4/c1-20(29)23-6-4-10-30-16-12-14(18(27)28)11-15-13-24-26(17(15)16)8-3-5-21-19-22-7-9-25(19)2/h7,9,11-13,23,29H,3-6,8,10H2,1-2H3,(H,21,22)(H,27,28). The summed E-state index contributed by atoms with van der Waals surface area (Å²) in [5.74, 6) is 0.294. The average molecular weight is 414 g/mol. The van der Waals surface area contributed by atoms with Gasteiger partial charge in [-0.25, -0.2) is 9.78 Å². The van der Waals surface area contributed by atoms with Crippen LogP contribution in [0.15, 0.2) is 30.7 Å². The van der Waals surface area contributed by atoms with Gasteiger partial charge in [0, 0.05) is 37.9 Å². The van der Waals surface area contributed by atoms with Crippen molar-refractivity contribution in [3.63, 3.8) is 0 Å². The van der Waals surface area contributed by atoms with Gasteiger partial charge in [0.25, 0.3) is 0 Å². The quantitative estimate of drug-likeness (QED) is 0.259. The fourth-order valence-electron chi connectivity index (χ4n) is 3.13. The van der Waals surface area contributed by atoms with Gasteiger partial charge in [-0.1, -0.05) is 0 Å². The number of fused-ring (bicyclic) bond motifs is 1. The number of rotatable bonds is 12. The summed E-state index contributed by atoms with van der Waals surface area (Å²) in [6.07, 6.45) is 6.76. The molecule has 2 heterocycles. The fourth-order valence-corrected chi connectivity index (χ4v) is 3.13. The minimum absolute atomic E-state index is 0.163. The molecule has 11 heteroatoms. The highest BCUT2D eigenvalue weighted by atomic mass is 16.5. The largest absolute Gasteiger partial charge is 0.491 e. The van der Waals surface area contributed by atoms with E-state index in [4.69, 9.17) is 4.74 Å². The Labute approximate surface area is 175 Å². The predicted octanol–water partition coefficient (Wildman–Crippen LogP) is 1.44. The number of carbonyl (C=O) groups is 1. The minimum Gasteiger partial charge on any atom is -0.491 e. The number of aromatic nitrogens is 4. The van der Waals surface area contributed by atoms with Gasteiger partial charge in [0.1, 0.15) is 11.3 Å². The number of hydrogen-bond acceptors (Lipinski definition) is 7. The average Bonchev–Trinajstić information content (AvgIpc) is 3.30. The van der Waals surface area contributed by atoms with E-state index in [9.17, 15) is 14.9 Å². The molecule has 10 nitrogen and oxygen atoms in total. The van der Waals surface area contributed by atoms with Crippen LogP contribution in [0.3, 0.4) is 0 Å². The van der Waals surface area contributed by atoms with Crippen LogP contribution in [-0.2, 0) is 13.6 Å². The zero-order valence-corrected chi connectivity index (χ0v) is 17.2. The maximum absolute atomic E-state index is 11.5. The molecule has 2 aromatic heterocycles. The van der Waals surface area contributed by atoms with E-state index >= 15 is 0 Å². The Hall–Kier alpha value is -3.05. The Morgan fingerprint density at radius 3 is 2.83 bits per heavy atom. The molecule has 3 rings (SSSR count). The third kappa shape index (κ3) is 5.52. The summed E-state index contributed by atoms with van der Waals surface area (Å²) in [5, 5.41) is 30.0. The van der Waals surface area contributed by atoms with Gasteiger partial charge in [0.2, 0.25) is 5.95 Å². The van der Waals surface area contributed by atoms with Crippen molar-refractivity contribution in [1.82, 2.24) is 24.6 Å². The molecule has 0 spiro atoms. The molecule has 0 aliphatic heterocycles. The second-order valence-corrected chi connectivity index (χ2v) is 7.06. The molecule has 0 saturated heterocycles. The molecule has 0 saturated carbocycles. The molecular formula is C19H27BN6O4. The number of ether oxygens (including phenoxy) is 1. The van der Waals surface area contributed by atoms with E-state index < -0.39 is 13.0 Å². The molecule has 0 atom stereocenters. The van der Waals surface area contributed by atoms with Gasteiger partial charge in [-0.3, -0.25) is 4.68 Å². The van der Waals surface area contributed by atoms with E-state index in [0.29, 0.717) is 31.9 Å². The van der Waals surface area contributed by atoms with Gasteiger partial charge < -0.3 is 30.0 Å². The highest BCUT2D eigenvalue weighted by Gasteiger charge is 2.15. The van der Waals surface area contributed by atoms with Crippen molar-refractivity contribution in [1.29, 1.82) is 0 Å². The third-order valence-corrected chi connectivity index (χ3v) is 4.62. The molecule has 30 heavy (non-hydrogen) atoms. The first-order chi connectivity index (χ1) is 14.5. The van der Waals surface area contributed by atoms with E-state index in [1.165, 1.54) is 6.07 Å². The highest BCUT2D eigenvalue weighted by molar-refractivity contribution is 6.45. The summed E-state index contributed by atoms with van der Waals surface area (Å²) in [4.78, 5) is 15.7. The summed E-state index contributed by atoms with van der Waals surface area (Å²) < 4.78 is 9.65. The predicted molar refractivity (Wildman–Crippen MR) is 115 cm³/mol. The molecule has 0 aliphatic rings. The molecule has 0 radical (unpaired) electrons. The normalized spacial score (nSPS) is 11.0. The van der Waals surface area contributed by atoms with Crippen LogP contribution < -0.4 is 15.3 Å². The van der Waals surface area contributed by atoms with Crippen molar-refractivity contribution >= 4 is 29.9 Å². The molecule has 0 amide bonds. The summed E-state index contributed by atoms with van der Waals surface area (Å²) >= 11 is 0. The zero-order valence-electron chi connectivity index (χ0n) is 17.2. The Balaban J connectivity index is 1.68. The van der Waals surface area contributed by atoms with E-state index in [1.807, 2.05) is 22.5 Å². The van der Waals surface area contributed by atoms with Gasteiger partial charge in [-0.05, 0) is 38.3 Å². The number of hydrogen-bond donors (Lipinski definition) is 4. The van der Waals surface area contributed by atoms with E-state index in [-0.39, 0.29) is 5.56 Å². The number of carboxylic acids is 1. The lowest BCUT2D eigenvalue weighted by atomic mass is 9.89. The molecule has 0 bridgehead atoms. The number of imidazole rings is 1. The van der Waals surface area contributed by atoms with Crippen LogP contribution in [0.1, 0.15) is 23.2 Å². The van der Waals surface area contributed by atoms with Crippen molar-refractivity contribution in [2.24, 2.45) is 7.05 Å². The molecule has 160 valence electrons. The van der Waals surface area contributed by atoms with Crippen LogP contribution in [-0.4, -0.2) is 62.2 Å². The van der Waals surface area contributed by atoms with Crippen molar-refractivity contribution < 1.29 is 19.7 Å². The number of aryl methyl sites for hydroxylation is 2. The Bertz CT molecular complexity index is 987. The van der Waals surface area contributed by atoms with Gasteiger partial charge in [-0.2, -0.15) is 5.10 Å². The second-order valence-electron chi connectivity index (χ2n) is 7.06. The first kappa shape index (κ1) is 21.7. The summed E-state index contributed by atoms with van der Waals surface area (Å²) in [6.45, 7) is 4.01. The highest BCUT2D eigenvalue weighted by Crippen LogP contribution is 2.28. The topological polar surface area (TPSA) is 126 Å². The molecule has 0 fully saturated rings. The van der Waals surface area contributed by atoms with Crippen LogP contribution in [0.25, 0.3) is 10.9 Å². The lowest BCUT2D eigenvalue weighted by Gasteiger charge is -2.12. The fraction of sp³-hybridized carbons (Fsp3) is 0.421. The van der Waals surface area contributed by atoms with Crippen molar-refractivity contribution in [2.45, 2.75) is 26.2 Å². The maximum atomic E-state index is 11.5. The van der Waals surface area contributed by atoms with Crippen LogP contribution in [0.2, 0.25) is 6.82 Å². The third-order valence-electron chi connectivity index (χ3n) is 4.62. The molecule has 1 aromatic carbocycles. The first-order valence-corrected chi connectivity index (χ1v) is 9.94. The van der Waals surface area contributed by atoms with Crippen LogP contribution in [0.4, 0.5) is 5.95 Å². The smallest absolute Gasteiger partial charge is 0.373 e. The lowest BCUT2D eigenvalue weighted by molar-refractivity contribution is 0.0696. The zero-order chi connectivity index (χ0) is 21.5. The summed E-state index contributed by atoms with van der Waals surface area (Å²) in [6, 6.07) is 3.15. The van der Waals surface area contributed by atoms with Crippen molar-refractivity contribution in [3.05, 3.63) is 36.3 Å². The molecule has 0 aliphatic carbocycles. The van der Waals surface area contributed by atoms with Crippen LogP contribution in [0.5, 0.6) is 5.75 Å². The molecule has 4 N–H and O–H groups in total. The Morgan fingerprint density at radius 2 is 2.13 bits per heavy atom. The van der Waals surface area contributed by atoms with Gasteiger partial charge in [-0.15, -0.1) is 0 Å². The number of anilines is 1. The van der Waals surface area contributed by atoms with Gasteiger partial charge >= 0.3 is 13.0 Å². The van der Waals surface area contributed by atoms with Gasteiger partial charge in [0.05, 0.1) is 18.4 Å². The number of nitrogens with one attached hydrogen (secondary N) is 2. The first-order valence-electron chi connectivity index (χ1n) is 9.94. The summed E-state index contributed by atoms with van der Waals surface area (Å²) in [7, 11) is 1.35. The van der Waals surface area contributed by atoms with E-state index in [0.717, 1.165) is 29.8 Å². The van der Waals surface area contributed by atoms with E-state index in [2.05, 4.69) is 20.6 Å². The van der Waals surface area contributed by atoms with Crippen LogP contribution in [0, 0.1) is 0 Å². The Kier molecular flexibility index (Phi) is 7.31. The SMILES string of the molecule is CB(O)NCCCOc1cc(C(=O)O)cc2cnn(CCCNc3nccn3C)c12. The number of aromatic carboxylic acids is 1. The number of benzene rings is 1. The lowest BCUT2D eigenvalue weighted by Crippen LogP contribution is -2.31. The molecule has 3 aromatic rings. The minimum atomic E-state index is -1.01. The monoisotopic (exact) mass is 414 g/mol. The van der Waals surface area contributed by atoms with Crippen molar-refractivity contribution in [3.8, 4) is 5.75 Å². The number of carboxylic acid groups (broad SMARTS) is 1.